The van der Waals surface area contributed by atoms with Crippen molar-refractivity contribution >= 4 is 41.3 Å². The van der Waals surface area contributed by atoms with E-state index in [0.29, 0.717) is 5.71 Å². The summed E-state index contributed by atoms with van der Waals surface area (Å²) in [7, 11) is 0. The first-order chi connectivity index (χ1) is 12.6. The van der Waals surface area contributed by atoms with Crippen LogP contribution in [0.1, 0.15) is 25.0 Å². The SMILES string of the molecule is CC(=O)O/N=C(\C)c1ccc(Sc2ccc(/C=C3\OC=CS3)cc2)cc1. The second kappa shape index (κ2) is 8.78. The smallest absolute Gasteiger partial charge is 0.331 e. The molecule has 1 aliphatic rings. The Bertz CT molecular complexity index is 859. The molecule has 1 aliphatic heterocycles. The number of benzene rings is 2. The normalized spacial score (nSPS) is 15.2. The minimum absolute atomic E-state index is 0.426. The van der Waals surface area contributed by atoms with Gasteiger partial charge in [0.1, 0.15) is 0 Å². The molecule has 26 heavy (non-hydrogen) atoms. The van der Waals surface area contributed by atoms with Gasteiger partial charge in [0.15, 0.2) is 5.09 Å². The van der Waals surface area contributed by atoms with E-state index >= 15 is 0 Å². The average molecular weight is 383 g/mol. The number of hydrogen-bond donors (Lipinski definition) is 0. The first-order valence-corrected chi connectivity index (χ1v) is 9.60. The van der Waals surface area contributed by atoms with Gasteiger partial charge in [0.25, 0.3) is 0 Å². The summed E-state index contributed by atoms with van der Waals surface area (Å²) in [6.07, 6.45) is 3.70. The number of carbonyl (C=O) groups is 1. The van der Waals surface area contributed by atoms with Gasteiger partial charge in [-0.3, -0.25) is 0 Å². The molecule has 0 bridgehead atoms. The van der Waals surface area contributed by atoms with Gasteiger partial charge in [-0.05, 0) is 48.4 Å². The van der Waals surface area contributed by atoms with Gasteiger partial charge in [0, 0.05) is 22.1 Å². The van der Waals surface area contributed by atoms with Crippen LogP contribution in [0.5, 0.6) is 0 Å². The van der Waals surface area contributed by atoms with Gasteiger partial charge in [0.2, 0.25) is 0 Å². The maximum atomic E-state index is 10.8. The van der Waals surface area contributed by atoms with Gasteiger partial charge in [0.05, 0.1) is 12.0 Å². The van der Waals surface area contributed by atoms with Gasteiger partial charge < -0.3 is 9.57 Å². The van der Waals surface area contributed by atoms with E-state index < -0.39 is 5.97 Å². The molecule has 6 heteroatoms. The predicted octanol–water partition coefficient (Wildman–Crippen LogP) is 5.66. The quantitative estimate of drug-likeness (QED) is 0.379. The largest absolute Gasteiger partial charge is 0.457 e. The first-order valence-electron chi connectivity index (χ1n) is 7.91. The number of ether oxygens (including phenoxy) is 1. The second-order valence-corrected chi connectivity index (χ2v) is 7.48. The molecular formula is C20H17NO3S2. The van der Waals surface area contributed by atoms with Crippen molar-refractivity contribution in [1.82, 2.24) is 0 Å². The lowest BCUT2D eigenvalue weighted by atomic mass is 10.1. The van der Waals surface area contributed by atoms with E-state index in [4.69, 9.17) is 4.74 Å². The third-order valence-corrected chi connectivity index (χ3v) is 5.12. The average Bonchev–Trinajstić information content (AvgIpc) is 3.15. The van der Waals surface area contributed by atoms with Crippen LogP contribution >= 0.6 is 23.5 Å². The van der Waals surface area contributed by atoms with Crippen molar-refractivity contribution in [3.63, 3.8) is 0 Å². The Morgan fingerprint density at radius 1 is 1.08 bits per heavy atom. The first kappa shape index (κ1) is 18.4. The van der Waals surface area contributed by atoms with Crippen molar-refractivity contribution < 1.29 is 14.4 Å². The van der Waals surface area contributed by atoms with E-state index in [1.807, 2.05) is 35.7 Å². The number of thioether (sulfide) groups is 1. The lowest BCUT2D eigenvalue weighted by Gasteiger charge is -2.05. The molecule has 3 rings (SSSR count). The molecule has 0 unspecified atom stereocenters. The number of nitrogens with zero attached hydrogens (tertiary/aromatic N) is 1. The molecule has 0 saturated carbocycles. The van der Waals surface area contributed by atoms with Crippen molar-refractivity contribution in [2.45, 2.75) is 23.6 Å². The summed E-state index contributed by atoms with van der Waals surface area (Å²) in [6.45, 7) is 3.13. The predicted molar refractivity (Wildman–Crippen MR) is 107 cm³/mol. The van der Waals surface area contributed by atoms with Crippen LogP contribution in [0.2, 0.25) is 0 Å². The van der Waals surface area contributed by atoms with Crippen LogP contribution in [-0.2, 0) is 14.4 Å². The highest BCUT2D eigenvalue weighted by atomic mass is 32.2. The molecule has 0 spiro atoms. The zero-order valence-corrected chi connectivity index (χ0v) is 16.0. The number of hydrogen-bond acceptors (Lipinski definition) is 6. The molecular weight excluding hydrogens is 366 g/mol. The highest BCUT2D eigenvalue weighted by molar-refractivity contribution is 8.06. The molecule has 0 N–H and O–H groups in total. The number of carbonyl (C=O) groups excluding carboxylic acids is 1. The van der Waals surface area contributed by atoms with E-state index in [0.717, 1.165) is 26.0 Å². The fraction of sp³-hybridized carbons (Fsp3) is 0.100. The molecule has 0 aromatic heterocycles. The third-order valence-electron chi connectivity index (χ3n) is 3.41. The fourth-order valence-electron chi connectivity index (χ4n) is 2.14. The van der Waals surface area contributed by atoms with Crippen LogP contribution in [0.4, 0.5) is 0 Å². The summed E-state index contributed by atoms with van der Waals surface area (Å²) in [5, 5.41) is 6.59. The maximum absolute atomic E-state index is 10.8. The minimum atomic E-state index is -0.426. The van der Waals surface area contributed by atoms with Crippen molar-refractivity contribution in [3.05, 3.63) is 76.4 Å². The van der Waals surface area contributed by atoms with E-state index in [9.17, 15) is 4.79 Å². The van der Waals surface area contributed by atoms with E-state index in [-0.39, 0.29) is 0 Å². The molecule has 4 nitrogen and oxygen atoms in total. The molecule has 2 aromatic rings. The summed E-state index contributed by atoms with van der Waals surface area (Å²) in [6, 6.07) is 16.3. The lowest BCUT2D eigenvalue weighted by molar-refractivity contribution is -0.140. The summed E-state index contributed by atoms with van der Waals surface area (Å²) in [5.74, 6) is -0.426. The Hall–Kier alpha value is -2.44. The molecule has 0 saturated heterocycles. The van der Waals surface area contributed by atoms with Gasteiger partial charge in [-0.2, -0.15) is 0 Å². The second-order valence-electron chi connectivity index (χ2n) is 5.43. The summed E-state index contributed by atoms with van der Waals surface area (Å²) in [4.78, 5) is 17.8. The molecule has 0 fully saturated rings. The highest BCUT2D eigenvalue weighted by Gasteiger charge is 2.04. The van der Waals surface area contributed by atoms with Gasteiger partial charge >= 0.3 is 5.97 Å². The zero-order chi connectivity index (χ0) is 18.4. The van der Waals surface area contributed by atoms with Crippen LogP contribution in [0.15, 0.2) is 80.2 Å². The van der Waals surface area contributed by atoms with Crippen LogP contribution in [0.25, 0.3) is 6.08 Å². The van der Waals surface area contributed by atoms with Crippen LogP contribution in [0.3, 0.4) is 0 Å². The lowest BCUT2D eigenvalue weighted by Crippen LogP contribution is -1.99. The Morgan fingerprint density at radius 3 is 2.31 bits per heavy atom. The monoisotopic (exact) mass is 383 g/mol. The Kier molecular flexibility index (Phi) is 6.20. The topological polar surface area (TPSA) is 47.9 Å². The Labute approximate surface area is 161 Å². The minimum Gasteiger partial charge on any atom is -0.457 e. The van der Waals surface area contributed by atoms with Crippen LogP contribution in [0, 0.1) is 0 Å². The fourth-order valence-corrected chi connectivity index (χ4v) is 3.52. The molecule has 0 radical (unpaired) electrons. The van der Waals surface area contributed by atoms with Crippen molar-refractivity contribution in [3.8, 4) is 0 Å². The number of oxime groups is 1. The van der Waals surface area contributed by atoms with Gasteiger partial charge in [-0.1, -0.05) is 52.9 Å². The molecule has 0 atom stereocenters. The molecule has 0 amide bonds. The molecule has 132 valence electrons. The van der Waals surface area contributed by atoms with Gasteiger partial charge in [-0.25, -0.2) is 4.79 Å². The molecule has 1 heterocycles. The van der Waals surface area contributed by atoms with Gasteiger partial charge in [-0.15, -0.1) is 0 Å². The molecule has 0 aliphatic carbocycles. The third kappa shape index (κ3) is 5.28. The van der Waals surface area contributed by atoms with Crippen molar-refractivity contribution in [2.75, 3.05) is 0 Å². The standard InChI is InChI=1S/C20H17NO3S2/c1-14(21-24-15(2)22)17-5-9-19(10-6-17)26-18-7-3-16(4-8-18)13-20-23-11-12-25-20/h3-13H,1-2H3/b20-13+,21-14+. The van der Waals surface area contributed by atoms with Crippen molar-refractivity contribution in [1.29, 1.82) is 0 Å². The Morgan fingerprint density at radius 2 is 1.73 bits per heavy atom. The highest BCUT2D eigenvalue weighted by Crippen LogP contribution is 2.30. The summed E-state index contributed by atoms with van der Waals surface area (Å²) < 4.78 is 5.34. The number of rotatable bonds is 5. The van der Waals surface area contributed by atoms with Crippen LogP contribution < -0.4 is 0 Å². The molecule has 2 aromatic carbocycles. The van der Waals surface area contributed by atoms with Crippen LogP contribution in [-0.4, -0.2) is 11.7 Å². The van der Waals surface area contributed by atoms with E-state index in [1.54, 1.807) is 36.7 Å². The van der Waals surface area contributed by atoms with E-state index in [2.05, 4.69) is 34.3 Å². The Balaban J connectivity index is 1.63. The zero-order valence-electron chi connectivity index (χ0n) is 14.3. The van der Waals surface area contributed by atoms with E-state index in [1.165, 1.54) is 6.92 Å². The van der Waals surface area contributed by atoms with Crippen molar-refractivity contribution in [2.24, 2.45) is 5.16 Å². The summed E-state index contributed by atoms with van der Waals surface area (Å²) >= 11 is 3.25. The summed E-state index contributed by atoms with van der Waals surface area (Å²) in [5.41, 5.74) is 2.68. The maximum Gasteiger partial charge on any atom is 0.331 e.